The molecule has 20 heavy (non-hydrogen) atoms. The molecular formula is C16H25N3O. The predicted molar refractivity (Wildman–Crippen MR) is 82.9 cm³/mol. The van der Waals surface area contributed by atoms with Crippen LogP contribution < -0.4 is 10.6 Å². The van der Waals surface area contributed by atoms with Crippen molar-refractivity contribution in [2.45, 2.75) is 32.7 Å². The zero-order chi connectivity index (χ0) is 14.5. The Balaban J connectivity index is 1.97. The summed E-state index contributed by atoms with van der Waals surface area (Å²) < 4.78 is 0. The van der Waals surface area contributed by atoms with Gasteiger partial charge in [0.15, 0.2) is 0 Å². The van der Waals surface area contributed by atoms with Gasteiger partial charge in [0.25, 0.3) is 0 Å². The highest BCUT2D eigenvalue weighted by Crippen LogP contribution is 2.16. The number of carbonyl (C=O) groups is 1. The van der Waals surface area contributed by atoms with Crippen LogP contribution in [0.3, 0.4) is 0 Å². The summed E-state index contributed by atoms with van der Waals surface area (Å²) in [4.78, 5) is 16.5. The second-order valence-electron chi connectivity index (χ2n) is 5.59. The molecule has 0 aliphatic carbocycles. The van der Waals surface area contributed by atoms with E-state index in [1.165, 1.54) is 5.56 Å². The third kappa shape index (κ3) is 3.81. The number of likely N-dealkylation sites (tertiary alicyclic amines) is 1. The molecule has 0 bridgehead atoms. The van der Waals surface area contributed by atoms with Crippen LogP contribution >= 0.6 is 0 Å². The molecule has 1 aliphatic heterocycles. The Hall–Kier alpha value is -1.39. The number of aryl methyl sites for hydroxylation is 1. The van der Waals surface area contributed by atoms with Gasteiger partial charge < -0.3 is 10.6 Å². The average molecular weight is 275 g/mol. The van der Waals surface area contributed by atoms with Gasteiger partial charge in [-0.05, 0) is 38.8 Å². The van der Waals surface area contributed by atoms with Gasteiger partial charge in [0.2, 0.25) is 5.91 Å². The highest BCUT2D eigenvalue weighted by atomic mass is 16.2. The summed E-state index contributed by atoms with van der Waals surface area (Å²) in [6.45, 7) is 7.13. The van der Waals surface area contributed by atoms with Crippen molar-refractivity contribution in [3.63, 3.8) is 0 Å². The van der Waals surface area contributed by atoms with E-state index in [9.17, 15) is 4.79 Å². The van der Waals surface area contributed by atoms with Crippen molar-refractivity contribution < 1.29 is 4.79 Å². The molecule has 1 amide bonds. The van der Waals surface area contributed by atoms with Crippen molar-refractivity contribution in [1.29, 1.82) is 0 Å². The van der Waals surface area contributed by atoms with Gasteiger partial charge in [0.1, 0.15) is 0 Å². The van der Waals surface area contributed by atoms with Crippen LogP contribution in [0.5, 0.6) is 0 Å². The van der Waals surface area contributed by atoms with E-state index >= 15 is 0 Å². The van der Waals surface area contributed by atoms with Crippen LogP contribution in [-0.2, 0) is 4.79 Å². The fourth-order valence-corrected chi connectivity index (χ4v) is 2.62. The fourth-order valence-electron chi connectivity index (χ4n) is 2.62. The van der Waals surface area contributed by atoms with Crippen LogP contribution in [0.15, 0.2) is 24.3 Å². The van der Waals surface area contributed by atoms with Crippen LogP contribution in [0.2, 0.25) is 0 Å². The number of likely N-dealkylation sites (N-methyl/N-ethyl adjacent to an activating group) is 1. The van der Waals surface area contributed by atoms with Gasteiger partial charge in [-0.25, -0.2) is 0 Å². The van der Waals surface area contributed by atoms with Crippen molar-refractivity contribution in [3.05, 3.63) is 29.8 Å². The van der Waals surface area contributed by atoms with Gasteiger partial charge in [0.05, 0.1) is 6.54 Å². The Morgan fingerprint density at radius 3 is 2.45 bits per heavy atom. The van der Waals surface area contributed by atoms with E-state index in [1.54, 1.807) is 0 Å². The number of benzene rings is 1. The lowest BCUT2D eigenvalue weighted by atomic mass is 10.1. The number of nitrogens with zero attached hydrogens (tertiary/aromatic N) is 2. The summed E-state index contributed by atoms with van der Waals surface area (Å²) in [5.41, 5.74) is 8.09. The van der Waals surface area contributed by atoms with E-state index in [0.29, 0.717) is 19.1 Å². The van der Waals surface area contributed by atoms with Crippen LogP contribution in [-0.4, -0.2) is 43.0 Å². The number of anilines is 1. The first-order valence-electron chi connectivity index (χ1n) is 7.45. The van der Waals surface area contributed by atoms with Crippen molar-refractivity contribution in [2.75, 3.05) is 31.1 Å². The standard InChI is InChI=1S/C16H25N3O/c1-3-19(15-6-4-13(2)5-7-15)16(20)12-18-10-8-14(17)9-11-18/h4-7,14H,3,8-12,17H2,1-2H3. The highest BCUT2D eigenvalue weighted by Gasteiger charge is 2.21. The quantitative estimate of drug-likeness (QED) is 0.911. The molecule has 0 unspecified atom stereocenters. The van der Waals surface area contributed by atoms with Gasteiger partial charge in [-0.3, -0.25) is 9.69 Å². The molecule has 2 rings (SSSR count). The molecule has 1 heterocycles. The number of piperidine rings is 1. The molecule has 0 atom stereocenters. The summed E-state index contributed by atoms with van der Waals surface area (Å²) in [7, 11) is 0. The molecule has 4 heteroatoms. The van der Waals surface area contributed by atoms with Crippen molar-refractivity contribution >= 4 is 11.6 Å². The van der Waals surface area contributed by atoms with E-state index in [-0.39, 0.29) is 5.91 Å². The van der Waals surface area contributed by atoms with E-state index in [0.717, 1.165) is 31.6 Å². The molecule has 0 radical (unpaired) electrons. The molecule has 0 saturated carbocycles. The first-order valence-corrected chi connectivity index (χ1v) is 7.45. The molecular weight excluding hydrogens is 250 g/mol. The molecule has 2 N–H and O–H groups in total. The maximum Gasteiger partial charge on any atom is 0.241 e. The maximum atomic E-state index is 12.5. The van der Waals surface area contributed by atoms with Gasteiger partial charge in [-0.15, -0.1) is 0 Å². The number of nitrogens with two attached hydrogens (primary N) is 1. The molecule has 1 fully saturated rings. The minimum Gasteiger partial charge on any atom is -0.328 e. The number of hydrogen-bond donors (Lipinski definition) is 1. The van der Waals surface area contributed by atoms with Crippen LogP contribution in [0.25, 0.3) is 0 Å². The monoisotopic (exact) mass is 275 g/mol. The highest BCUT2D eigenvalue weighted by molar-refractivity contribution is 5.94. The zero-order valence-corrected chi connectivity index (χ0v) is 12.5. The fraction of sp³-hybridized carbons (Fsp3) is 0.562. The SMILES string of the molecule is CCN(C(=O)CN1CCC(N)CC1)c1ccc(C)cc1. The van der Waals surface area contributed by atoms with Crippen LogP contribution in [0, 0.1) is 6.92 Å². The summed E-state index contributed by atoms with van der Waals surface area (Å²) in [6.07, 6.45) is 1.98. The van der Waals surface area contributed by atoms with E-state index in [4.69, 9.17) is 5.73 Å². The normalized spacial score (nSPS) is 17.1. The molecule has 0 spiro atoms. The molecule has 0 aromatic heterocycles. The molecule has 110 valence electrons. The summed E-state index contributed by atoms with van der Waals surface area (Å²) in [5.74, 6) is 0.173. The van der Waals surface area contributed by atoms with Crippen molar-refractivity contribution in [3.8, 4) is 0 Å². The lowest BCUT2D eigenvalue weighted by molar-refractivity contribution is -0.120. The average Bonchev–Trinajstić information content (AvgIpc) is 2.44. The number of carbonyl (C=O) groups excluding carboxylic acids is 1. The summed E-state index contributed by atoms with van der Waals surface area (Å²) in [5, 5.41) is 0. The third-order valence-electron chi connectivity index (χ3n) is 3.95. The van der Waals surface area contributed by atoms with Crippen LogP contribution in [0.1, 0.15) is 25.3 Å². The summed E-state index contributed by atoms with van der Waals surface area (Å²) in [6, 6.07) is 8.43. The van der Waals surface area contributed by atoms with E-state index in [2.05, 4.69) is 11.8 Å². The second kappa shape index (κ2) is 6.86. The van der Waals surface area contributed by atoms with Gasteiger partial charge in [-0.2, -0.15) is 0 Å². The second-order valence-corrected chi connectivity index (χ2v) is 5.59. The first kappa shape index (κ1) is 15.0. The Morgan fingerprint density at radius 1 is 1.30 bits per heavy atom. The molecule has 4 nitrogen and oxygen atoms in total. The topological polar surface area (TPSA) is 49.6 Å². The zero-order valence-electron chi connectivity index (χ0n) is 12.5. The van der Waals surface area contributed by atoms with Gasteiger partial charge >= 0.3 is 0 Å². The Bertz CT molecular complexity index is 436. The minimum atomic E-state index is 0.173. The Labute approximate surface area is 121 Å². The first-order chi connectivity index (χ1) is 9.60. The lowest BCUT2D eigenvalue weighted by Crippen LogP contribution is -2.45. The molecule has 1 aliphatic rings. The summed E-state index contributed by atoms with van der Waals surface area (Å²) >= 11 is 0. The van der Waals surface area contributed by atoms with Crippen molar-refractivity contribution in [2.24, 2.45) is 5.73 Å². The third-order valence-corrected chi connectivity index (χ3v) is 3.95. The Morgan fingerprint density at radius 2 is 1.90 bits per heavy atom. The number of rotatable bonds is 4. The smallest absolute Gasteiger partial charge is 0.241 e. The minimum absolute atomic E-state index is 0.173. The molecule has 1 aromatic rings. The molecule has 1 aromatic carbocycles. The largest absolute Gasteiger partial charge is 0.328 e. The predicted octanol–water partition coefficient (Wildman–Crippen LogP) is 1.77. The van der Waals surface area contributed by atoms with Crippen molar-refractivity contribution in [1.82, 2.24) is 4.90 Å². The van der Waals surface area contributed by atoms with Crippen LogP contribution in [0.4, 0.5) is 5.69 Å². The number of hydrogen-bond acceptors (Lipinski definition) is 3. The molecule has 1 saturated heterocycles. The Kier molecular flexibility index (Phi) is 5.15. The van der Waals surface area contributed by atoms with E-state index in [1.807, 2.05) is 36.1 Å². The van der Waals surface area contributed by atoms with E-state index < -0.39 is 0 Å². The van der Waals surface area contributed by atoms with Gasteiger partial charge in [0, 0.05) is 31.4 Å². The maximum absolute atomic E-state index is 12.5. The number of amides is 1. The lowest BCUT2D eigenvalue weighted by Gasteiger charge is -2.31. The van der Waals surface area contributed by atoms with Gasteiger partial charge in [-0.1, -0.05) is 17.7 Å².